The van der Waals surface area contributed by atoms with Gasteiger partial charge in [0.05, 0.1) is 18.2 Å². The van der Waals surface area contributed by atoms with Crippen molar-refractivity contribution in [3.8, 4) is 5.75 Å². The summed E-state index contributed by atoms with van der Waals surface area (Å²) < 4.78 is 5.48. The van der Waals surface area contributed by atoms with E-state index < -0.39 is 17.7 Å². The van der Waals surface area contributed by atoms with Gasteiger partial charge in [-0.05, 0) is 73.5 Å². The Bertz CT molecular complexity index is 1240. The van der Waals surface area contributed by atoms with Crippen molar-refractivity contribution in [3.05, 3.63) is 95.1 Å². The Balaban J connectivity index is 1.88. The third kappa shape index (κ3) is 4.15. The molecule has 1 N–H and O–H groups in total. The lowest BCUT2D eigenvalue weighted by Gasteiger charge is -2.27. The number of hydrogen-bond donors (Lipinski definition) is 1. The Morgan fingerprint density at radius 3 is 2.21 bits per heavy atom. The molecule has 0 saturated carbocycles. The van der Waals surface area contributed by atoms with Gasteiger partial charge in [-0.25, -0.2) is 0 Å². The molecule has 6 nitrogen and oxygen atoms in total. The SMILES string of the molecule is CCOc1ccc(/C(O)=C2\C(=O)C(=O)N(c3ccc(N(C)C)cc3)C2c2ccccc2C)cc1. The lowest BCUT2D eigenvalue weighted by atomic mass is 9.92. The molecule has 0 bridgehead atoms. The first-order chi connectivity index (χ1) is 16.3. The van der Waals surface area contributed by atoms with E-state index in [1.165, 1.54) is 4.90 Å². The summed E-state index contributed by atoms with van der Waals surface area (Å²) in [6, 6.07) is 21.1. The summed E-state index contributed by atoms with van der Waals surface area (Å²) in [6.45, 7) is 4.35. The normalized spacial score (nSPS) is 17.2. The Morgan fingerprint density at radius 1 is 0.971 bits per heavy atom. The molecule has 3 aromatic rings. The largest absolute Gasteiger partial charge is 0.507 e. The Labute approximate surface area is 199 Å². The standard InChI is InChI=1S/C28H28N2O4/c1-5-34-22-16-10-19(11-17-22)26(31)24-25(23-9-7-6-8-18(23)2)30(28(33)27(24)32)21-14-12-20(13-15-21)29(3)4/h6-17,25,31H,5H2,1-4H3/b26-24+. The molecule has 6 heteroatoms. The Kier molecular flexibility index (Phi) is 6.41. The monoisotopic (exact) mass is 456 g/mol. The van der Waals surface area contributed by atoms with Gasteiger partial charge in [0.2, 0.25) is 0 Å². The van der Waals surface area contributed by atoms with Crippen LogP contribution < -0.4 is 14.5 Å². The zero-order chi connectivity index (χ0) is 24.4. The van der Waals surface area contributed by atoms with Crippen LogP contribution in [0.15, 0.2) is 78.4 Å². The highest BCUT2D eigenvalue weighted by Gasteiger charge is 2.47. The van der Waals surface area contributed by atoms with Crippen LogP contribution in [0.2, 0.25) is 0 Å². The number of aryl methyl sites for hydroxylation is 1. The molecular weight excluding hydrogens is 428 g/mol. The minimum Gasteiger partial charge on any atom is -0.507 e. The lowest BCUT2D eigenvalue weighted by molar-refractivity contribution is -0.132. The van der Waals surface area contributed by atoms with E-state index in [2.05, 4.69) is 0 Å². The number of ketones is 1. The molecule has 4 rings (SSSR count). The van der Waals surface area contributed by atoms with E-state index in [4.69, 9.17) is 4.74 Å². The number of nitrogens with zero attached hydrogens (tertiary/aromatic N) is 2. The number of Topliss-reactive ketones (excluding diaryl/α,β-unsaturated/α-hetero) is 1. The molecule has 1 saturated heterocycles. The first-order valence-electron chi connectivity index (χ1n) is 11.2. The molecule has 0 radical (unpaired) electrons. The molecule has 34 heavy (non-hydrogen) atoms. The van der Waals surface area contributed by atoms with E-state index in [1.54, 1.807) is 24.3 Å². The van der Waals surface area contributed by atoms with Crippen LogP contribution in [0.25, 0.3) is 5.76 Å². The van der Waals surface area contributed by atoms with Crippen molar-refractivity contribution in [3.63, 3.8) is 0 Å². The predicted molar refractivity (Wildman–Crippen MR) is 134 cm³/mol. The number of aliphatic hydroxyl groups excluding tert-OH is 1. The quantitative estimate of drug-likeness (QED) is 0.318. The van der Waals surface area contributed by atoms with Crippen LogP contribution in [0, 0.1) is 6.92 Å². The molecule has 174 valence electrons. The van der Waals surface area contributed by atoms with Gasteiger partial charge in [-0.2, -0.15) is 0 Å². The summed E-state index contributed by atoms with van der Waals surface area (Å²) in [7, 11) is 3.87. The number of amides is 1. The smallest absolute Gasteiger partial charge is 0.300 e. The van der Waals surface area contributed by atoms with Crippen LogP contribution in [0.3, 0.4) is 0 Å². The molecule has 1 heterocycles. The number of anilines is 2. The molecule has 1 unspecified atom stereocenters. The highest BCUT2D eigenvalue weighted by Crippen LogP contribution is 2.43. The molecule has 0 spiro atoms. The maximum Gasteiger partial charge on any atom is 0.300 e. The fourth-order valence-corrected chi connectivity index (χ4v) is 4.23. The topological polar surface area (TPSA) is 70.1 Å². The third-order valence-electron chi connectivity index (χ3n) is 6.01. The van der Waals surface area contributed by atoms with Gasteiger partial charge in [-0.15, -0.1) is 0 Å². The number of rotatable bonds is 6. The summed E-state index contributed by atoms with van der Waals surface area (Å²) in [5.41, 5.74) is 3.78. The van der Waals surface area contributed by atoms with Crippen molar-refractivity contribution in [1.82, 2.24) is 0 Å². The van der Waals surface area contributed by atoms with Crippen molar-refractivity contribution < 1.29 is 19.4 Å². The van der Waals surface area contributed by atoms with E-state index in [9.17, 15) is 14.7 Å². The maximum absolute atomic E-state index is 13.3. The van der Waals surface area contributed by atoms with E-state index in [1.807, 2.05) is 81.4 Å². The predicted octanol–water partition coefficient (Wildman–Crippen LogP) is 5.09. The molecule has 3 aromatic carbocycles. The van der Waals surface area contributed by atoms with Gasteiger partial charge in [0.1, 0.15) is 11.5 Å². The van der Waals surface area contributed by atoms with Crippen LogP contribution in [0.1, 0.15) is 29.7 Å². The number of carbonyl (C=O) groups is 2. The Hall–Kier alpha value is -4.06. The molecule has 1 fully saturated rings. The van der Waals surface area contributed by atoms with Gasteiger partial charge in [0.15, 0.2) is 0 Å². The number of carbonyl (C=O) groups excluding carboxylic acids is 2. The second-order valence-electron chi connectivity index (χ2n) is 8.39. The van der Waals surface area contributed by atoms with E-state index in [-0.39, 0.29) is 11.3 Å². The Morgan fingerprint density at radius 2 is 1.62 bits per heavy atom. The van der Waals surface area contributed by atoms with Crippen molar-refractivity contribution >= 4 is 28.8 Å². The summed E-state index contributed by atoms with van der Waals surface area (Å²) in [4.78, 5) is 30.0. The summed E-state index contributed by atoms with van der Waals surface area (Å²) >= 11 is 0. The number of ether oxygens (including phenoxy) is 1. The fourth-order valence-electron chi connectivity index (χ4n) is 4.23. The summed E-state index contributed by atoms with van der Waals surface area (Å²) in [5, 5.41) is 11.3. The molecular formula is C28H28N2O4. The summed E-state index contributed by atoms with van der Waals surface area (Å²) in [5.74, 6) is -0.923. The first-order valence-corrected chi connectivity index (χ1v) is 11.2. The van der Waals surface area contributed by atoms with Gasteiger partial charge < -0.3 is 14.7 Å². The highest BCUT2D eigenvalue weighted by atomic mass is 16.5. The molecule has 1 aliphatic rings. The van der Waals surface area contributed by atoms with Gasteiger partial charge in [0.25, 0.3) is 11.7 Å². The van der Waals surface area contributed by atoms with Crippen molar-refractivity contribution in [2.75, 3.05) is 30.5 Å². The number of hydrogen-bond acceptors (Lipinski definition) is 5. The van der Waals surface area contributed by atoms with Crippen LogP contribution in [0.5, 0.6) is 5.75 Å². The van der Waals surface area contributed by atoms with Crippen molar-refractivity contribution in [1.29, 1.82) is 0 Å². The minimum atomic E-state index is -0.752. The van der Waals surface area contributed by atoms with Crippen LogP contribution in [-0.4, -0.2) is 37.5 Å². The van der Waals surface area contributed by atoms with Crippen LogP contribution in [-0.2, 0) is 9.59 Å². The average molecular weight is 457 g/mol. The first kappa shape index (κ1) is 23.1. The van der Waals surface area contributed by atoms with Crippen LogP contribution in [0.4, 0.5) is 11.4 Å². The van der Waals surface area contributed by atoms with Gasteiger partial charge >= 0.3 is 0 Å². The van der Waals surface area contributed by atoms with Crippen molar-refractivity contribution in [2.45, 2.75) is 19.9 Å². The average Bonchev–Trinajstić information content (AvgIpc) is 3.10. The van der Waals surface area contributed by atoms with E-state index in [0.717, 1.165) is 16.8 Å². The number of benzene rings is 3. The molecule has 0 aliphatic carbocycles. The zero-order valence-corrected chi connectivity index (χ0v) is 19.8. The van der Waals surface area contributed by atoms with Gasteiger partial charge in [0, 0.05) is 31.0 Å². The second-order valence-corrected chi connectivity index (χ2v) is 8.39. The second kappa shape index (κ2) is 9.43. The lowest BCUT2D eigenvalue weighted by Crippen LogP contribution is -2.29. The molecule has 1 amide bonds. The third-order valence-corrected chi connectivity index (χ3v) is 6.01. The minimum absolute atomic E-state index is 0.0696. The number of aliphatic hydroxyl groups is 1. The van der Waals surface area contributed by atoms with Gasteiger partial charge in [-0.3, -0.25) is 14.5 Å². The van der Waals surface area contributed by atoms with Crippen molar-refractivity contribution in [2.24, 2.45) is 0 Å². The fraction of sp³-hybridized carbons (Fsp3) is 0.214. The molecule has 1 atom stereocenters. The van der Waals surface area contributed by atoms with Gasteiger partial charge in [-0.1, -0.05) is 24.3 Å². The van der Waals surface area contributed by atoms with E-state index in [0.29, 0.717) is 23.6 Å². The van der Waals surface area contributed by atoms with E-state index >= 15 is 0 Å². The van der Waals surface area contributed by atoms with Crippen LogP contribution >= 0.6 is 0 Å². The highest BCUT2D eigenvalue weighted by molar-refractivity contribution is 6.51. The summed E-state index contributed by atoms with van der Waals surface area (Å²) in [6.07, 6.45) is 0. The molecule has 0 aromatic heterocycles. The molecule has 1 aliphatic heterocycles. The maximum atomic E-state index is 13.3. The zero-order valence-electron chi connectivity index (χ0n) is 19.8.